The molecule has 4 nitrogen and oxygen atoms in total. The van der Waals surface area contributed by atoms with E-state index in [2.05, 4.69) is 16.8 Å². The minimum atomic E-state index is 0.0145. The summed E-state index contributed by atoms with van der Waals surface area (Å²) in [6.45, 7) is 1.10. The lowest BCUT2D eigenvalue weighted by Gasteiger charge is -2.21. The number of hydrogen-bond acceptors (Lipinski definition) is 3. The second kappa shape index (κ2) is 7.06. The molecular weight excluding hydrogens is 250 g/mol. The minimum Gasteiger partial charge on any atom is -0.341 e. The minimum absolute atomic E-state index is 0.0145. The van der Waals surface area contributed by atoms with E-state index in [9.17, 15) is 4.79 Å². The van der Waals surface area contributed by atoms with E-state index >= 15 is 0 Å². The summed E-state index contributed by atoms with van der Waals surface area (Å²) in [7, 11) is 1.86. The maximum absolute atomic E-state index is 12.5. The smallest absolute Gasteiger partial charge is 0.254 e. The molecule has 1 aromatic heterocycles. The Balaban J connectivity index is 2.11. The van der Waals surface area contributed by atoms with Crippen molar-refractivity contribution in [1.82, 2.24) is 9.88 Å². The molecule has 1 amide bonds. The van der Waals surface area contributed by atoms with Crippen LogP contribution in [0.2, 0.25) is 0 Å². The Morgan fingerprint density at radius 3 is 2.95 bits per heavy atom. The van der Waals surface area contributed by atoms with Crippen LogP contribution in [-0.4, -0.2) is 35.9 Å². The first kappa shape index (κ1) is 14.5. The topological polar surface area (TPSA) is 59.2 Å². The van der Waals surface area contributed by atoms with Gasteiger partial charge < -0.3 is 10.6 Å². The highest BCUT2D eigenvalue weighted by molar-refractivity contribution is 5.96. The molecule has 0 spiro atoms. The van der Waals surface area contributed by atoms with E-state index in [0.717, 1.165) is 6.54 Å². The summed E-state index contributed by atoms with van der Waals surface area (Å²) in [5.74, 6) is 6.35. The molecule has 1 saturated carbocycles. The van der Waals surface area contributed by atoms with Gasteiger partial charge in [0.25, 0.3) is 5.91 Å². The van der Waals surface area contributed by atoms with Gasteiger partial charge in [0.2, 0.25) is 0 Å². The number of aromatic nitrogens is 1. The van der Waals surface area contributed by atoms with Gasteiger partial charge in [-0.2, -0.15) is 0 Å². The summed E-state index contributed by atoms with van der Waals surface area (Å²) < 4.78 is 0. The summed E-state index contributed by atoms with van der Waals surface area (Å²) in [4.78, 5) is 18.3. The molecule has 1 aliphatic rings. The standard InChI is InChI=1S/C16H21N3O/c1-19(12-13-5-2-3-6-13)16(20)15-8-10-18-11-14(15)7-4-9-17/h8,10-11,13H,2-3,5-6,9,12,17H2,1H3. The zero-order valence-corrected chi connectivity index (χ0v) is 11.9. The number of hydrogen-bond donors (Lipinski definition) is 1. The lowest BCUT2D eigenvalue weighted by molar-refractivity contribution is 0.0773. The van der Waals surface area contributed by atoms with Crippen molar-refractivity contribution in [2.75, 3.05) is 20.1 Å². The molecular formula is C16H21N3O. The van der Waals surface area contributed by atoms with Gasteiger partial charge in [0.1, 0.15) is 0 Å². The van der Waals surface area contributed by atoms with Crippen LogP contribution in [0.3, 0.4) is 0 Å². The van der Waals surface area contributed by atoms with Gasteiger partial charge in [-0.05, 0) is 24.8 Å². The fourth-order valence-corrected chi connectivity index (χ4v) is 2.70. The zero-order valence-electron chi connectivity index (χ0n) is 11.9. The van der Waals surface area contributed by atoms with Gasteiger partial charge in [0.15, 0.2) is 0 Å². The molecule has 1 aliphatic carbocycles. The molecule has 0 atom stereocenters. The van der Waals surface area contributed by atoms with Crippen LogP contribution in [0, 0.1) is 17.8 Å². The molecule has 0 saturated heterocycles. The molecule has 2 rings (SSSR count). The van der Waals surface area contributed by atoms with E-state index in [1.54, 1.807) is 23.4 Å². The Hall–Kier alpha value is -1.86. The van der Waals surface area contributed by atoms with E-state index in [4.69, 9.17) is 5.73 Å². The molecule has 1 fully saturated rings. The van der Waals surface area contributed by atoms with Crippen LogP contribution in [0.1, 0.15) is 41.6 Å². The first-order chi connectivity index (χ1) is 9.72. The fourth-order valence-electron chi connectivity index (χ4n) is 2.70. The van der Waals surface area contributed by atoms with E-state index in [0.29, 0.717) is 17.0 Å². The number of nitrogens with zero attached hydrogens (tertiary/aromatic N) is 2. The number of pyridine rings is 1. The Morgan fingerprint density at radius 2 is 2.25 bits per heavy atom. The van der Waals surface area contributed by atoms with Crippen LogP contribution < -0.4 is 5.73 Å². The average Bonchev–Trinajstić information content (AvgIpc) is 2.97. The highest BCUT2D eigenvalue weighted by Crippen LogP contribution is 2.25. The van der Waals surface area contributed by atoms with Crippen molar-refractivity contribution in [2.24, 2.45) is 11.7 Å². The van der Waals surface area contributed by atoms with Gasteiger partial charge in [0.05, 0.1) is 17.7 Å². The van der Waals surface area contributed by atoms with Gasteiger partial charge in [0, 0.05) is 26.0 Å². The molecule has 1 heterocycles. The molecule has 1 aromatic rings. The summed E-state index contributed by atoms with van der Waals surface area (Å²) >= 11 is 0. The number of carbonyl (C=O) groups is 1. The van der Waals surface area contributed by atoms with Gasteiger partial charge in [-0.3, -0.25) is 9.78 Å². The first-order valence-electron chi connectivity index (χ1n) is 7.10. The Bertz CT molecular complexity index is 524. The van der Waals surface area contributed by atoms with E-state index < -0.39 is 0 Å². The van der Waals surface area contributed by atoms with Crippen molar-refractivity contribution in [1.29, 1.82) is 0 Å². The Kier molecular flexibility index (Phi) is 5.14. The van der Waals surface area contributed by atoms with Crippen molar-refractivity contribution in [3.05, 3.63) is 29.6 Å². The molecule has 20 heavy (non-hydrogen) atoms. The Morgan fingerprint density at radius 1 is 1.50 bits per heavy atom. The molecule has 106 valence electrons. The zero-order chi connectivity index (χ0) is 14.4. The van der Waals surface area contributed by atoms with Crippen LogP contribution in [-0.2, 0) is 0 Å². The highest BCUT2D eigenvalue weighted by atomic mass is 16.2. The normalized spacial score (nSPS) is 14.7. The second-order valence-corrected chi connectivity index (χ2v) is 5.26. The highest BCUT2D eigenvalue weighted by Gasteiger charge is 2.21. The van der Waals surface area contributed by atoms with Crippen molar-refractivity contribution >= 4 is 5.91 Å². The fraction of sp³-hybridized carbons (Fsp3) is 0.500. The largest absolute Gasteiger partial charge is 0.341 e. The number of carbonyl (C=O) groups excluding carboxylic acids is 1. The van der Waals surface area contributed by atoms with Crippen LogP contribution in [0.15, 0.2) is 18.5 Å². The summed E-state index contributed by atoms with van der Waals surface area (Å²) in [6, 6.07) is 1.73. The maximum atomic E-state index is 12.5. The molecule has 0 bridgehead atoms. The van der Waals surface area contributed by atoms with E-state index in [-0.39, 0.29) is 12.5 Å². The monoisotopic (exact) mass is 271 g/mol. The van der Waals surface area contributed by atoms with Crippen LogP contribution in [0.5, 0.6) is 0 Å². The molecule has 0 aliphatic heterocycles. The third-order valence-electron chi connectivity index (χ3n) is 3.73. The number of rotatable bonds is 3. The maximum Gasteiger partial charge on any atom is 0.254 e. The molecule has 0 radical (unpaired) electrons. The van der Waals surface area contributed by atoms with Crippen molar-refractivity contribution < 1.29 is 4.79 Å². The molecule has 0 unspecified atom stereocenters. The predicted octanol–water partition coefficient (Wildman–Crippen LogP) is 1.65. The van der Waals surface area contributed by atoms with E-state index in [1.807, 2.05) is 7.05 Å². The third-order valence-corrected chi connectivity index (χ3v) is 3.73. The molecule has 2 N–H and O–H groups in total. The predicted molar refractivity (Wildman–Crippen MR) is 79.1 cm³/mol. The first-order valence-corrected chi connectivity index (χ1v) is 7.10. The lowest BCUT2D eigenvalue weighted by Crippen LogP contribution is -2.31. The average molecular weight is 271 g/mol. The van der Waals surface area contributed by atoms with Crippen molar-refractivity contribution in [3.63, 3.8) is 0 Å². The second-order valence-electron chi connectivity index (χ2n) is 5.26. The third kappa shape index (κ3) is 3.58. The van der Waals surface area contributed by atoms with Crippen molar-refractivity contribution in [3.8, 4) is 11.8 Å². The van der Waals surface area contributed by atoms with Crippen LogP contribution in [0.25, 0.3) is 0 Å². The van der Waals surface area contributed by atoms with Crippen LogP contribution >= 0.6 is 0 Å². The quantitative estimate of drug-likeness (QED) is 0.850. The lowest BCUT2D eigenvalue weighted by atomic mass is 10.1. The van der Waals surface area contributed by atoms with Gasteiger partial charge in [-0.25, -0.2) is 0 Å². The van der Waals surface area contributed by atoms with Gasteiger partial charge >= 0.3 is 0 Å². The molecule has 0 aromatic carbocycles. The van der Waals surface area contributed by atoms with Crippen molar-refractivity contribution in [2.45, 2.75) is 25.7 Å². The van der Waals surface area contributed by atoms with Crippen LogP contribution in [0.4, 0.5) is 0 Å². The Labute approximate surface area is 120 Å². The molecule has 4 heteroatoms. The summed E-state index contributed by atoms with van der Waals surface area (Å²) in [5, 5.41) is 0. The SMILES string of the molecule is CN(CC1CCCC1)C(=O)c1ccncc1C#CCN. The van der Waals surface area contributed by atoms with Gasteiger partial charge in [-0.15, -0.1) is 0 Å². The van der Waals surface area contributed by atoms with E-state index in [1.165, 1.54) is 25.7 Å². The van der Waals surface area contributed by atoms with Gasteiger partial charge in [-0.1, -0.05) is 24.7 Å². The summed E-state index contributed by atoms with van der Waals surface area (Å²) in [5.41, 5.74) is 6.65. The number of nitrogens with two attached hydrogens (primary N) is 1. The summed E-state index contributed by atoms with van der Waals surface area (Å²) in [6.07, 6.45) is 8.29. The number of amides is 1.